The molecule has 0 fully saturated rings. The van der Waals surface area contributed by atoms with Gasteiger partial charge >= 0.3 is 17.9 Å². The summed E-state index contributed by atoms with van der Waals surface area (Å²) in [5.74, 6) is -0.0700. The van der Waals surface area contributed by atoms with E-state index in [4.69, 9.17) is 14.2 Å². The average Bonchev–Trinajstić information content (AvgIpc) is 3.20. The molecule has 7 heteroatoms. The van der Waals surface area contributed by atoms with Gasteiger partial charge in [0, 0.05) is 19.3 Å². The second kappa shape index (κ2) is 45.9. The normalized spacial score (nSPS) is 11.8. The molecule has 0 aliphatic rings. The summed E-state index contributed by atoms with van der Waals surface area (Å²) in [6.45, 7) is 6.30. The molecule has 0 N–H and O–H groups in total. The second-order valence-electron chi connectivity index (χ2n) is 17.1. The molecular formula is C51H95NO6. The van der Waals surface area contributed by atoms with Crippen LogP contribution in [0.1, 0.15) is 245 Å². The van der Waals surface area contributed by atoms with Gasteiger partial charge in [0.25, 0.3) is 0 Å². The maximum atomic E-state index is 12.6. The summed E-state index contributed by atoms with van der Waals surface area (Å²) in [6.07, 6.45) is 49.5. The summed E-state index contributed by atoms with van der Waals surface area (Å²) >= 11 is 0. The molecule has 0 saturated heterocycles. The highest BCUT2D eigenvalue weighted by atomic mass is 16.5. The summed E-state index contributed by atoms with van der Waals surface area (Å²) < 4.78 is 16.5. The van der Waals surface area contributed by atoms with Crippen LogP contribution in [0.5, 0.6) is 0 Å². The highest BCUT2D eigenvalue weighted by Gasteiger charge is 2.14. The van der Waals surface area contributed by atoms with Crippen molar-refractivity contribution in [1.29, 1.82) is 0 Å². The van der Waals surface area contributed by atoms with Gasteiger partial charge in [0.2, 0.25) is 0 Å². The zero-order valence-electron chi connectivity index (χ0n) is 38.9. The van der Waals surface area contributed by atoms with Crippen LogP contribution in [0.4, 0.5) is 0 Å². The molecule has 58 heavy (non-hydrogen) atoms. The van der Waals surface area contributed by atoms with Gasteiger partial charge in [0.05, 0.1) is 13.2 Å². The third-order valence-corrected chi connectivity index (χ3v) is 10.9. The van der Waals surface area contributed by atoms with Gasteiger partial charge in [-0.05, 0) is 130 Å². The maximum absolute atomic E-state index is 12.6. The molecule has 0 bridgehead atoms. The van der Waals surface area contributed by atoms with E-state index in [2.05, 4.69) is 57.1 Å². The van der Waals surface area contributed by atoms with Gasteiger partial charge in [-0.3, -0.25) is 14.4 Å². The molecule has 0 unspecified atom stereocenters. The molecule has 0 aromatic heterocycles. The fourth-order valence-electron chi connectivity index (χ4n) is 7.13. The van der Waals surface area contributed by atoms with E-state index >= 15 is 0 Å². The van der Waals surface area contributed by atoms with E-state index in [1.165, 1.54) is 128 Å². The van der Waals surface area contributed by atoms with Crippen LogP contribution >= 0.6 is 0 Å². The predicted octanol–water partition coefficient (Wildman–Crippen LogP) is 14.7. The van der Waals surface area contributed by atoms with E-state index in [-0.39, 0.29) is 24.0 Å². The van der Waals surface area contributed by atoms with Crippen molar-refractivity contribution in [2.24, 2.45) is 0 Å². The lowest BCUT2D eigenvalue weighted by molar-refractivity contribution is -0.150. The Morgan fingerprint density at radius 3 is 1.10 bits per heavy atom. The first-order valence-electron chi connectivity index (χ1n) is 24.8. The molecule has 0 aromatic carbocycles. The summed E-state index contributed by atoms with van der Waals surface area (Å²) in [5, 5.41) is 0. The lowest BCUT2D eigenvalue weighted by Crippen LogP contribution is -2.20. The Kier molecular flexibility index (Phi) is 44.2. The molecule has 0 aliphatic carbocycles. The molecule has 0 aromatic rings. The van der Waals surface area contributed by atoms with Crippen molar-refractivity contribution < 1.29 is 28.6 Å². The predicted molar refractivity (Wildman–Crippen MR) is 246 cm³/mol. The number of allylic oxidation sites excluding steroid dienone is 4. The molecule has 0 amide bonds. The lowest BCUT2D eigenvalue weighted by Gasteiger charge is -2.18. The number of hydrogen-bond acceptors (Lipinski definition) is 7. The lowest BCUT2D eigenvalue weighted by atomic mass is 10.0. The largest absolute Gasteiger partial charge is 0.466 e. The Morgan fingerprint density at radius 2 is 0.741 bits per heavy atom. The molecule has 0 saturated carbocycles. The van der Waals surface area contributed by atoms with Crippen molar-refractivity contribution in [3.05, 3.63) is 24.3 Å². The SMILES string of the molecule is CCCCOC(=O)CCCCCCC/C=C\CCCCCCCCC(CCCCCCCC/C=C\CCCCCCCC(=O)OCCCC)OC(=O)CCCN(C)C. The van der Waals surface area contributed by atoms with Crippen LogP contribution in [0.15, 0.2) is 24.3 Å². The number of nitrogens with zero attached hydrogens (tertiary/aromatic N) is 1. The number of hydrogen-bond donors (Lipinski definition) is 0. The van der Waals surface area contributed by atoms with Gasteiger partial charge in [-0.1, -0.05) is 141 Å². The zero-order chi connectivity index (χ0) is 42.4. The molecule has 0 aliphatic heterocycles. The van der Waals surface area contributed by atoms with Crippen LogP contribution < -0.4 is 0 Å². The van der Waals surface area contributed by atoms with E-state index in [1.54, 1.807) is 0 Å². The number of esters is 3. The standard InChI is InChI=1S/C51H95NO6/c1-5-7-46-56-49(53)42-37-33-29-25-21-17-13-9-11-15-19-23-27-31-35-40-48(58-51(55)44-39-45-52(3)4)41-36-32-28-24-20-16-12-10-14-18-22-26-30-34-38-43-50(54)57-47-8-6-2/h9-10,13-14,48H,5-8,11-12,15-47H2,1-4H3/b13-9-,14-10-. The Hall–Kier alpha value is -2.15. The first kappa shape index (κ1) is 55.9. The quantitative estimate of drug-likeness (QED) is 0.0262. The summed E-state index contributed by atoms with van der Waals surface area (Å²) in [7, 11) is 4.10. The topological polar surface area (TPSA) is 82.1 Å². The molecule has 0 rings (SSSR count). The second-order valence-corrected chi connectivity index (χ2v) is 17.1. The number of carbonyl (C=O) groups excluding carboxylic acids is 3. The fraction of sp³-hybridized carbons (Fsp3) is 0.863. The van der Waals surface area contributed by atoms with Crippen LogP contribution in [-0.4, -0.2) is 62.8 Å². The minimum absolute atomic E-state index is 0.0126. The maximum Gasteiger partial charge on any atom is 0.306 e. The van der Waals surface area contributed by atoms with E-state index in [0.717, 1.165) is 90.0 Å². The molecular weight excluding hydrogens is 723 g/mol. The van der Waals surface area contributed by atoms with Gasteiger partial charge in [-0.15, -0.1) is 0 Å². The van der Waals surface area contributed by atoms with Gasteiger partial charge in [-0.2, -0.15) is 0 Å². The third kappa shape index (κ3) is 44.9. The molecule has 0 atom stereocenters. The Bertz CT molecular complexity index is 901. The Labute approximate surface area is 359 Å². The number of carbonyl (C=O) groups is 3. The molecule has 7 nitrogen and oxygen atoms in total. The Morgan fingerprint density at radius 1 is 0.414 bits per heavy atom. The van der Waals surface area contributed by atoms with Crippen LogP contribution in [0.25, 0.3) is 0 Å². The first-order valence-corrected chi connectivity index (χ1v) is 24.8. The van der Waals surface area contributed by atoms with E-state index in [9.17, 15) is 14.4 Å². The Balaban J connectivity index is 3.91. The first-order chi connectivity index (χ1) is 28.4. The smallest absolute Gasteiger partial charge is 0.306 e. The minimum atomic E-state index is -0.0287. The fourth-order valence-corrected chi connectivity index (χ4v) is 7.13. The van der Waals surface area contributed by atoms with E-state index < -0.39 is 0 Å². The summed E-state index contributed by atoms with van der Waals surface area (Å²) in [5.41, 5.74) is 0. The van der Waals surface area contributed by atoms with Gasteiger partial charge in [0.1, 0.15) is 6.10 Å². The summed E-state index contributed by atoms with van der Waals surface area (Å²) in [6, 6.07) is 0. The van der Waals surface area contributed by atoms with E-state index in [1.807, 2.05) is 0 Å². The van der Waals surface area contributed by atoms with Gasteiger partial charge in [0.15, 0.2) is 0 Å². The van der Waals surface area contributed by atoms with Crippen LogP contribution in [0, 0.1) is 0 Å². The van der Waals surface area contributed by atoms with Crippen molar-refractivity contribution in [2.75, 3.05) is 33.9 Å². The van der Waals surface area contributed by atoms with Crippen molar-refractivity contribution in [3.63, 3.8) is 0 Å². The monoisotopic (exact) mass is 818 g/mol. The van der Waals surface area contributed by atoms with Crippen LogP contribution in [-0.2, 0) is 28.6 Å². The molecule has 0 spiro atoms. The van der Waals surface area contributed by atoms with E-state index in [0.29, 0.717) is 32.5 Å². The highest BCUT2D eigenvalue weighted by molar-refractivity contribution is 5.70. The van der Waals surface area contributed by atoms with Gasteiger partial charge < -0.3 is 19.1 Å². The van der Waals surface area contributed by atoms with Crippen molar-refractivity contribution in [2.45, 2.75) is 251 Å². The number of unbranched alkanes of at least 4 members (excludes halogenated alkanes) is 24. The third-order valence-electron chi connectivity index (χ3n) is 10.9. The van der Waals surface area contributed by atoms with Crippen LogP contribution in [0.3, 0.4) is 0 Å². The van der Waals surface area contributed by atoms with Crippen LogP contribution in [0.2, 0.25) is 0 Å². The van der Waals surface area contributed by atoms with Gasteiger partial charge in [-0.25, -0.2) is 0 Å². The van der Waals surface area contributed by atoms with Crippen molar-refractivity contribution in [1.82, 2.24) is 4.90 Å². The zero-order valence-corrected chi connectivity index (χ0v) is 38.9. The highest BCUT2D eigenvalue weighted by Crippen LogP contribution is 2.19. The van der Waals surface area contributed by atoms with Crippen molar-refractivity contribution >= 4 is 17.9 Å². The summed E-state index contributed by atoms with van der Waals surface area (Å²) in [4.78, 5) is 38.0. The number of rotatable bonds is 45. The average molecular weight is 818 g/mol. The molecule has 0 heterocycles. The molecule has 0 radical (unpaired) electrons. The minimum Gasteiger partial charge on any atom is -0.466 e. The van der Waals surface area contributed by atoms with Crippen molar-refractivity contribution in [3.8, 4) is 0 Å². The number of ether oxygens (including phenoxy) is 3. The molecule has 340 valence electrons.